The molecule has 1 N–H and O–H groups in total. The van der Waals surface area contributed by atoms with Gasteiger partial charge in [0.05, 0.1) is 0 Å². The van der Waals surface area contributed by atoms with Gasteiger partial charge in [-0.1, -0.05) is 0 Å². The predicted octanol–water partition coefficient (Wildman–Crippen LogP) is 0.419. The Balaban J connectivity index is 3.63. The number of hydrogen-bond acceptors (Lipinski definition) is 2. The van der Waals surface area contributed by atoms with Crippen molar-refractivity contribution < 1.29 is 22.8 Å². The van der Waals surface area contributed by atoms with Crippen molar-refractivity contribution in [2.75, 3.05) is 0 Å². The average Bonchev–Trinajstić information content (AvgIpc) is 1.62. The molecular weight excluding hydrogens is 138 g/mol. The van der Waals surface area contributed by atoms with Gasteiger partial charge in [-0.3, -0.25) is 6.57 Å². The lowest BCUT2D eigenvalue weighted by molar-refractivity contribution is -0.282. The van der Waals surface area contributed by atoms with Gasteiger partial charge >= 0.3 is 13.6 Å². The molecule has 0 atom stereocenters. The average molecular weight is 139 g/mol. The highest BCUT2D eigenvalue weighted by atomic mass is 19.4. The minimum atomic E-state index is -4.94. The van der Waals surface area contributed by atoms with Crippen LogP contribution in [0, 0.1) is 6.57 Å². The summed E-state index contributed by atoms with van der Waals surface area (Å²) in [4.78, 5) is 0. The molecule has 0 bridgehead atoms. The summed E-state index contributed by atoms with van der Waals surface area (Å²) < 4.78 is 37.7. The Hall–Kier alpha value is -0.735. The minimum absolute atomic E-state index is 2.04. The maximum atomic E-state index is 11.0. The fourth-order valence-electron chi connectivity index (χ4n) is 0.146. The van der Waals surface area contributed by atoms with Gasteiger partial charge in [-0.25, -0.2) is 4.65 Å². The minimum Gasteiger partial charge on any atom is -0.361 e. The van der Waals surface area contributed by atoms with E-state index in [9.17, 15) is 13.2 Å². The molecule has 0 saturated carbocycles. The van der Waals surface area contributed by atoms with E-state index in [2.05, 4.69) is 4.65 Å². The highest BCUT2D eigenvalue weighted by Crippen LogP contribution is 2.16. The van der Waals surface area contributed by atoms with Gasteiger partial charge < -0.3 is 9.78 Å². The third-order valence-electron chi connectivity index (χ3n) is 0.349. The van der Waals surface area contributed by atoms with Gasteiger partial charge in [0.25, 0.3) is 0 Å². The van der Waals surface area contributed by atoms with Crippen molar-refractivity contribution in [3.63, 3.8) is 0 Å². The third-order valence-corrected chi connectivity index (χ3v) is 0.349. The number of nitrogens with zero attached hydrogens (tertiary/aromatic N) is 1. The van der Waals surface area contributed by atoms with Crippen molar-refractivity contribution in [1.82, 2.24) is 0 Å². The molecule has 50 valence electrons. The Bertz CT molecular complexity index is 129. The summed E-state index contributed by atoms with van der Waals surface area (Å²) in [5.74, 6) is 0. The predicted molar refractivity (Wildman–Crippen MR) is 21.7 cm³/mol. The lowest BCUT2D eigenvalue weighted by atomic mass is 10.2. The molecule has 0 amide bonds. The first kappa shape index (κ1) is 8.26. The van der Waals surface area contributed by atoms with Crippen LogP contribution in [0.3, 0.4) is 0 Å². The van der Waals surface area contributed by atoms with Gasteiger partial charge in [-0.2, -0.15) is 0 Å². The van der Waals surface area contributed by atoms with Gasteiger partial charge in [-0.05, 0) is 0 Å². The Kier molecular flexibility index (Phi) is 2.49. The molecule has 0 fully saturated rings. The Morgan fingerprint density at radius 2 is 2.00 bits per heavy atom. The Labute approximate surface area is 49.0 Å². The van der Waals surface area contributed by atoms with E-state index >= 15 is 0 Å². The van der Waals surface area contributed by atoms with Crippen LogP contribution in [0.2, 0.25) is 0 Å². The lowest BCUT2D eigenvalue weighted by Crippen LogP contribution is -2.24. The smallest absolute Gasteiger partial charge is 0.361 e. The topological polar surface area (TPSA) is 33.8 Å². The zero-order chi connectivity index (χ0) is 7.49. The van der Waals surface area contributed by atoms with Gasteiger partial charge in [0.1, 0.15) is 0 Å². The first-order chi connectivity index (χ1) is 3.95. The molecule has 0 spiro atoms. The summed E-state index contributed by atoms with van der Waals surface area (Å²) in [5.41, 5.74) is 0. The van der Waals surface area contributed by atoms with E-state index in [0.29, 0.717) is 0 Å². The van der Waals surface area contributed by atoms with Crippen LogP contribution in [0.15, 0.2) is 0 Å². The monoisotopic (exact) mass is 139 g/mol. The number of rotatable bonds is 1. The second-order valence-electron chi connectivity index (χ2n) is 1.02. The van der Waals surface area contributed by atoms with E-state index in [-0.39, 0.29) is 0 Å². The fraction of sp³-hybridized carbons (Fsp3) is 0.500. The molecule has 0 heterocycles. The maximum Gasteiger partial charge on any atom is 0.946 e. The number of halogens is 3. The van der Waals surface area contributed by atoms with Gasteiger partial charge in [0.2, 0.25) is 0 Å². The molecule has 9 heavy (non-hydrogen) atoms. The number of alkyl halides is 3. The number of hydrogen-bond donors (Lipinski definition) is 1. The molecule has 0 aliphatic rings. The second kappa shape index (κ2) is 2.71. The SMILES string of the molecule is [C-]#[N+]B(O)OC(F)(F)F. The van der Waals surface area contributed by atoms with E-state index in [1.165, 1.54) is 0 Å². The molecule has 0 rings (SSSR count). The van der Waals surface area contributed by atoms with Gasteiger partial charge in [0.15, 0.2) is 0 Å². The molecule has 0 aliphatic carbocycles. The second-order valence-corrected chi connectivity index (χ2v) is 1.02. The normalized spacial score (nSPS) is 10.6. The summed E-state index contributed by atoms with van der Waals surface area (Å²) in [5, 5.41) is 7.90. The summed E-state index contributed by atoms with van der Waals surface area (Å²) in [7, 11) is -2.44. The fourth-order valence-corrected chi connectivity index (χ4v) is 0.146. The van der Waals surface area contributed by atoms with Gasteiger partial charge in [0, 0.05) is 0 Å². The summed E-state index contributed by atoms with van der Waals surface area (Å²) in [6.07, 6.45) is -4.94. The van der Waals surface area contributed by atoms with Crippen LogP contribution in [0.4, 0.5) is 13.2 Å². The van der Waals surface area contributed by atoms with Crippen LogP contribution >= 0.6 is 0 Å². The first-order valence-electron chi connectivity index (χ1n) is 1.75. The quantitative estimate of drug-likeness (QED) is 0.421. The molecule has 0 unspecified atom stereocenters. The molecule has 0 aliphatic heterocycles. The molecule has 0 aromatic heterocycles. The summed E-state index contributed by atoms with van der Waals surface area (Å²) in [6, 6.07) is 0. The molecule has 0 aromatic rings. The molecular formula is C2HBF3NO2. The molecule has 0 radical (unpaired) electrons. The van der Waals surface area contributed by atoms with E-state index < -0.39 is 13.6 Å². The zero-order valence-corrected chi connectivity index (χ0v) is 4.01. The van der Waals surface area contributed by atoms with E-state index in [1.54, 1.807) is 0 Å². The third kappa shape index (κ3) is 5.13. The zero-order valence-electron chi connectivity index (χ0n) is 4.01. The van der Waals surface area contributed by atoms with Crippen molar-refractivity contribution in [1.29, 1.82) is 0 Å². The maximum absolute atomic E-state index is 11.0. The van der Waals surface area contributed by atoms with Gasteiger partial charge in [-0.15, -0.1) is 13.2 Å². The van der Waals surface area contributed by atoms with Crippen LogP contribution in [-0.4, -0.2) is 18.6 Å². The largest absolute Gasteiger partial charge is 0.946 e. The Morgan fingerprint density at radius 3 is 2.11 bits per heavy atom. The van der Waals surface area contributed by atoms with Crippen LogP contribution in [0.5, 0.6) is 0 Å². The van der Waals surface area contributed by atoms with Crippen molar-refractivity contribution in [3.8, 4) is 0 Å². The molecule has 3 nitrogen and oxygen atoms in total. The van der Waals surface area contributed by atoms with E-state index in [4.69, 9.17) is 11.6 Å². The standard InChI is InChI=1S/C2HBF3NO2/c1-7-3(8)9-2(4,5)6/h8H. The van der Waals surface area contributed by atoms with E-state index in [0.717, 1.165) is 0 Å². The van der Waals surface area contributed by atoms with E-state index in [1.807, 2.05) is 4.76 Å². The van der Waals surface area contributed by atoms with Crippen LogP contribution in [-0.2, 0) is 4.65 Å². The highest BCUT2D eigenvalue weighted by molar-refractivity contribution is 6.46. The van der Waals surface area contributed by atoms with Crippen LogP contribution in [0.25, 0.3) is 4.76 Å². The molecule has 0 saturated heterocycles. The molecule has 0 aromatic carbocycles. The van der Waals surface area contributed by atoms with Crippen LogP contribution < -0.4 is 0 Å². The van der Waals surface area contributed by atoms with Crippen molar-refractivity contribution in [2.24, 2.45) is 0 Å². The van der Waals surface area contributed by atoms with Crippen molar-refractivity contribution in [3.05, 3.63) is 11.3 Å². The van der Waals surface area contributed by atoms with Crippen LogP contribution in [0.1, 0.15) is 0 Å². The summed E-state index contributed by atoms with van der Waals surface area (Å²) >= 11 is 0. The molecule has 7 heteroatoms. The van der Waals surface area contributed by atoms with Crippen molar-refractivity contribution >= 4 is 7.25 Å². The Morgan fingerprint density at radius 1 is 1.56 bits per heavy atom. The van der Waals surface area contributed by atoms with Crippen molar-refractivity contribution in [2.45, 2.75) is 6.36 Å². The first-order valence-corrected chi connectivity index (χ1v) is 1.75. The summed E-state index contributed by atoms with van der Waals surface area (Å²) in [6.45, 7) is 5.84. The highest BCUT2D eigenvalue weighted by Gasteiger charge is 2.43. The lowest BCUT2D eigenvalue weighted by Gasteiger charge is -1.99.